The number of nitrogens with zero attached hydrogens (tertiary/aromatic N) is 1. The molecule has 1 fully saturated rings. The van der Waals surface area contributed by atoms with Crippen LogP contribution in [0.3, 0.4) is 0 Å². The Hall–Kier alpha value is -2.51. The number of hydrogen-bond acceptors (Lipinski definition) is 4. The Morgan fingerprint density at radius 3 is 2.60 bits per heavy atom. The van der Waals surface area contributed by atoms with E-state index in [1.54, 1.807) is 36.4 Å². The number of amides is 2. The molecule has 0 aromatic heterocycles. The van der Waals surface area contributed by atoms with Crippen LogP contribution in [0.1, 0.15) is 12.5 Å². The van der Waals surface area contributed by atoms with Gasteiger partial charge in [-0.1, -0.05) is 42.2 Å². The van der Waals surface area contributed by atoms with Gasteiger partial charge in [-0.15, -0.1) is 0 Å². The highest BCUT2D eigenvalue weighted by atomic mass is 32.2. The zero-order valence-corrected chi connectivity index (χ0v) is 14.8. The number of benzene rings is 2. The Morgan fingerprint density at radius 2 is 1.96 bits per heavy atom. The predicted octanol–water partition coefficient (Wildman–Crippen LogP) is 4.19. The van der Waals surface area contributed by atoms with Gasteiger partial charge in [0.25, 0.3) is 5.91 Å². The lowest BCUT2D eigenvalue weighted by atomic mass is 10.2. The van der Waals surface area contributed by atoms with E-state index in [4.69, 9.17) is 12.2 Å². The van der Waals surface area contributed by atoms with Crippen molar-refractivity contribution in [2.75, 3.05) is 10.2 Å². The second kappa shape index (κ2) is 7.16. The zero-order chi connectivity index (χ0) is 18.0. The molecule has 1 saturated heterocycles. The van der Waals surface area contributed by atoms with E-state index in [1.807, 2.05) is 0 Å². The van der Waals surface area contributed by atoms with Crippen LogP contribution >= 0.6 is 24.0 Å². The Kier molecular flexibility index (Phi) is 4.96. The normalized spacial score (nSPS) is 15.8. The standard InChI is InChI=1S/C18H13FN2O2S2/c1-11(22)20-14-7-5-12(6-8-14)9-16-17(23)21(18(24)25-16)15-4-2-3-13(19)10-15/h2-10H,1H3,(H,20,22)/b16-9+. The van der Waals surface area contributed by atoms with Gasteiger partial charge in [-0.05, 0) is 42.0 Å². The van der Waals surface area contributed by atoms with Gasteiger partial charge in [0.1, 0.15) is 5.82 Å². The maximum Gasteiger partial charge on any atom is 0.270 e. The maximum absolute atomic E-state index is 13.4. The van der Waals surface area contributed by atoms with E-state index in [2.05, 4.69) is 5.32 Å². The molecule has 1 N–H and O–H groups in total. The second-order valence-electron chi connectivity index (χ2n) is 5.30. The summed E-state index contributed by atoms with van der Waals surface area (Å²) in [4.78, 5) is 25.4. The summed E-state index contributed by atoms with van der Waals surface area (Å²) in [6.45, 7) is 1.44. The SMILES string of the molecule is CC(=O)Nc1ccc(/C=C2/SC(=S)N(c3cccc(F)c3)C2=O)cc1. The van der Waals surface area contributed by atoms with Crippen molar-refractivity contribution in [1.82, 2.24) is 0 Å². The summed E-state index contributed by atoms with van der Waals surface area (Å²) in [5, 5.41) is 2.68. The monoisotopic (exact) mass is 372 g/mol. The van der Waals surface area contributed by atoms with Crippen molar-refractivity contribution in [3.05, 3.63) is 64.8 Å². The number of thioether (sulfide) groups is 1. The molecule has 0 bridgehead atoms. The third-order valence-electron chi connectivity index (χ3n) is 3.39. The molecule has 2 aromatic carbocycles. The number of anilines is 2. The average molecular weight is 372 g/mol. The number of carbonyl (C=O) groups excluding carboxylic acids is 2. The maximum atomic E-state index is 13.4. The first-order chi connectivity index (χ1) is 11.9. The molecule has 1 heterocycles. The fraction of sp³-hybridized carbons (Fsp3) is 0.0556. The summed E-state index contributed by atoms with van der Waals surface area (Å²) in [6, 6.07) is 12.8. The molecule has 0 aliphatic carbocycles. The number of rotatable bonds is 3. The van der Waals surface area contributed by atoms with Crippen LogP contribution in [0.2, 0.25) is 0 Å². The average Bonchev–Trinajstić information content (AvgIpc) is 2.83. The highest BCUT2D eigenvalue weighted by Crippen LogP contribution is 2.36. The molecule has 0 spiro atoms. The highest BCUT2D eigenvalue weighted by molar-refractivity contribution is 8.27. The molecule has 2 amide bonds. The number of halogens is 1. The van der Waals surface area contributed by atoms with Gasteiger partial charge in [-0.3, -0.25) is 14.5 Å². The summed E-state index contributed by atoms with van der Waals surface area (Å²) in [5.74, 6) is -0.862. The number of thiocarbonyl (C=S) groups is 1. The predicted molar refractivity (Wildman–Crippen MR) is 103 cm³/mol. The molecule has 0 radical (unpaired) electrons. The van der Waals surface area contributed by atoms with Crippen molar-refractivity contribution in [2.24, 2.45) is 0 Å². The van der Waals surface area contributed by atoms with Crippen molar-refractivity contribution in [2.45, 2.75) is 6.92 Å². The van der Waals surface area contributed by atoms with E-state index < -0.39 is 5.82 Å². The lowest BCUT2D eigenvalue weighted by Gasteiger charge is -2.14. The Balaban J connectivity index is 1.84. The van der Waals surface area contributed by atoms with Crippen LogP contribution in [-0.2, 0) is 9.59 Å². The van der Waals surface area contributed by atoms with Gasteiger partial charge < -0.3 is 5.32 Å². The molecule has 3 rings (SSSR count). The summed E-state index contributed by atoms with van der Waals surface area (Å²) < 4.78 is 13.8. The van der Waals surface area contributed by atoms with E-state index in [0.717, 1.165) is 5.56 Å². The van der Waals surface area contributed by atoms with Crippen molar-refractivity contribution in [1.29, 1.82) is 0 Å². The first-order valence-electron chi connectivity index (χ1n) is 7.35. The number of hydrogen-bond donors (Lipinski definition) is 1. The minimum Gasteiger partial charge on any atom is -0.326 e. The third kappa shape index (κ3) is 3.94. The molecule has 0 saturated carbocycles. The van der Waals surface area contributed by atoms with Gasteiger partial charge in [0.2, 0.25) is 5.91 Å². The number of nitrogens with one attached hydrogen (secondary N) is 1. The van der Waals surface area contributed by atoms with Gasteiger partial charge >= 0.3 is 0 Å². The van der Waals surface area contributed by atoms with Crippen LogP contribution < -0.4 is 10.2 Å². The van der Waals surface area contributed by atoms with Crippen LogP contribution in [0.25, 0.3) is 6.08 Å². The van der Waals surface area contributed by atoms with Gasteiger partial charge in [0.05, 0.1) is 10.6 Å². The summed E-state index contributed by atoms with van der Waals surface area (Å²) in [6.07, 6.45) is 1.72. The molecule has 0 unspecified atom stereocenters. The van der Waals surface area contributed by atoms with Gasteiger partial charge in [0, 0.05) is 12.6 Å². The largest absolute Gasteiger partial charge is 0.326 e. The van der Waals surface area contributed by atoms with Gasteiger partial charge in [-0.2, -0.15) is 0 Å². The molecule has 4 nitrogen and oxygen atoms in total. The van der Waals surface area contributed by atoms with E-state index in [-0.39, 0.29) is 11.8 Å². The van der Waals surface area contributed by atoms with E-state index in [9.17, 15) is 14.0 Å². The van der Waals surface area contributed by atoms with Crippen molar-refractivity contribution in [3.8, 4) is 0 Å². The smallest absolute Gasteiger partial charge is 0.270 e. The van der Waals surface area contributed by atoms with Crippen LogP contribution in [0, 0.1) is 5.82 Å². The summed E-state index contributed by atoms with van der Waals surface area (Å²) >= 11 is 6.43. The topological polar surface area (TPSA) is 49.4 Å². The van der Waals surface area contributed by atoms with Crippen LogP contribution in [-0.4, -0.2) is 16.1 Å². The van der Waals surface area contributed by atoms with Crippen molar-refractivity contribution in [3.63, 3.8) is 0 Å². The fourth-order valence-corrected chi connectivity index (χ4v) is 3.62. The van der Waals surface area contributed by atoms with Crippen LogP contribution in [0.4, 0.5) is 15.8 Å². The van der Waals surface area contributed by atoms with E-state index in [0.29, 0.717) is 20.6 Å². The fourth-order valence-electron chi connectivity index (χ4n) is 2.32. The molecule has 7 heteroatoms. The minimum absolute atomic E-state index is 0.149. The minimum atomic E-state index is -0.427. The van der Waals surface area contributed by atoms with Gasteiger partial charge in [0.15, 0.2) is 4.32 Å². The zero-order valence-electron chi connectivity index (χ0n) is 13.2. The van der Waals surface area contributed by atoms with E-state index in [1.165, 1.54) is 41.8 Å². The molecule has 126 valence electrons. The Bertz CT molecular complexity index is 894. The molecule has 1 aliphatic rings. The summed E-state index contributed by atoms with van der Waals surface area (Å²) in [5.41, 5.74) is 1.89. The first kappa shape index (κ1) is 17.3. The highest BCUT2D eigenvalue weighted by Gasteiger charge is 2.33. The molecule has 25 heavy (non-hydrogen) atoms. The second-order valence-corrected chi connectivity index (χ2v) is 6.98. The lowest BCUT2D eigenvalue weighted by Crippen LogP contribution is -2.27. The molecular weight excluding hydrogens is 359 g/mol. The van der Waals surface area contributed by atoms with Crippen molar-refractivity contribution < 1.29 is 14.0 Å². The van der Waals surface area contributed by atoms with Crippen molar-refractivity contribution >= 4 is 57.6 Å². The van der Waals surface area contributed by atoms with E-state index >= 15 is 0 Å². The van der Waals surface area contributed by atoms with Crippen LogP contribution in [0.15, 0.2) is 53.4 Å². The first-order valence-corrected chi connectivity index (χ1v) is 8.58. The molecular formula is C18H13FN2O2S2. The number of carbonyl (C=O) groups is 2. The van der Waals surface area contributed by atoms with Crippen LogP contribution in [0.5, 0.6) is 0 Å². The Labute approximate surface area is 153 Å². The molecule has 0 atom stereocenters. The summed E-state index contributed by atoms with van der Waals surface area (Å²) in [7, 11) is 0. The molecule has 1 aliphatic heterocycles. The van der Waals surface area contributed by atoms with Gasteiger partial charge in [-0.25, -0.2) is 4.39 Å². The lowest BCUT2D eigenvalue weighted by molar-refractivity contribution is -0.114. The molecule has 2 aromatic rings. The quantitative estimate of drug-likeness (QED) is 0.648. The Morgan fingerprint density at radius 1 is 1.24 bits per heavy atom. The third-order valence-corrected chi connectivity index (χ3v) is 4.69.